The SMILES string of the molecule is N=C(c1ccc(F)cn1)c1cc(Br)ccc1N. The average Bonchev–Trinajstić information content (AvgIpc) is 2.32. The van der Waals surface area contributed by atoms with E-state index in [1.165, 1.54) is 12.1 Å². The van der Waals surface area contributed by atoms with E-state index in [1.54, 1.807) is 18.2 Å². The molecule has 3 nitrogen and oxygen atoms in total. The van der Waals surface area contributed by atoms with Crippen LogP contribution < -0.4 is 5.73 Å². The number of nitrogen functional groups attached to an aromatic ring is 1. The first-order valence-corrected chi connectivity index (χ1v) is 5.63. The molecule has 0 bridgehead atoms. The Balaban J connectivity index is 2.43. The van der Waals surface area contributed by atoms with Crippen LogP contribution in [0.3, 0.4) is 0 Å². The molecule has 0 radical (unpaired) electrons. The van der Waals surface area contributed by atoms with Gasteiger partial charge in [0.15, 0.2) is 0 Å². The fourth-order valence-corrected chi connectivity index (χ4v) is 1.77. The molecule has 0 amide bonds. The van der Waals surface area contributed by atoms with Crippen LogP contribution in [0, 0.1) is 11.2 Å². The van der Waals surface area contributed by atoms with E-state index >= 15 is 0 Å². The van der Waals surface area contributed by atoms with Crippen molar-refractivity contribution < 1.29 is 4.39 Å². The summed E-state index contributed by atoms with van der Waals surface area (Å²) in [6.45, 7) is 0. The van der Waals surface area contributed by atoms with E-state index in [0.717, 1.165) is 10.7 Å². The molecule has 1 aromatic heterocycles. The molecule has 1 aromatic carbocycles. The van der Waals surface area contributed by atoms with Gasteiger partial charge in [0.05, 0.1) is 17.6 Å². The van der Waals surface area contributed by atoms with E-state index in [1.807, 2.05) is 0 Å². The van der Waals surface area contributed by atoms with E-state index in [-0.39, 0.29) is 5.71 Å². The molecule has 0 unspecified atom stereocenters. The third-order valence-electron chi connectivity index (χ3n) is 2.27. The summed E-state index contributed by atoms with van der Waals surface area (Å²) in [5.41, 5.74) is 7.41. The maximum atomic E-state index is 12.7. The molecule has 0 aliphatic carbocycles. The van der Waals surface area contributed by atoms with Gasteiger partial charge in [0.2, 0.25) is 0 Å². The average molecular weight is 294 g/mol. The second kappa shape index (κ2) is 4.63. The van der Waals surface area contributed by atoms with Crippen LogP contribution in [0.1, 0.15) is 11.3 Å². The van der Waals surface area contributed by atoms with E-state index in [9.17, 15) is 4.39 Å². The number of aromatic nitrogens is 1. The lowest BCUT2D eigenvalue weighted by Crippen LogP contribution is -2.07. The first-order valence-electron chi connectivity index (χ1n) is 4.84. The quantitative estimate of drug-likeness (QED) is 0.660. The van der Waals surface area contributed by atoms with Gasteiger partial charge < -0.3 is 5.73 Å². The molecule has 0 saturated carbocycles. The van der Waals surface area contributed by atoms with E-state index in [2.05, 4.69) is 20.9 Å². The van der Waals surface area contributed by atoms with E-state index in [0.29, 0.717) is 16.9 Å². The molecule has 0 fully saturated rings. The predicted molar refractivity (Wildman–Crippen MR) is 68.7 cm³/mol. The minimum absolute atomic E-state index is 0.170. The number of anilines is 1. The number of benzene rings is 1. The standard InChI is InChI=1S/C12H9BrFN3/c13-7-1-3-10(15)9(5-7)12(16)11-4-2-8(14)6-17-11/h1-6,16H,15H2. The van der Waals surface area contributed by atoms with Crippen LogP contribution in [-0.4, -0.2) is 10.7 Å². The number of nitrogens with zero attached hydrogens (tertiary/aromatic N) is 1. The first-order chi connectivity index (χ1) is 8.08. The lowest BCUT2D eigenvalue weighted by atomic mass is 10.1. The van der Waals surface area contributed by atoms with E-state index < -0.39 is 5.82 Å². The topological polar surface area (TPSA) is 62.8 Å². The Kier molecular flexibility index (Phi) is 3.19. The lowest BCUT2D eigenvalue weighted by molar-refractivity contribution is 0.621. The molecule has 1 heterocycles. The minimum Gasteiger partial charge on any atom is -0.398 e. The highest BCUT2D eigenvalue weighted by molar-refractivity contribution is 9.10. The molecule has 17 heavy (non-hydrogen) atoms. The monoisotopic (exact) mass is 293 g/mol. The van der Waals surface area contributed by atoms with Crippen LogP contribution in [-0.2, 0) is 0 Å². The fraction of sp³-hybridized carbons (Fsp3) is 0. The van der Waals surface area contributed by atoms with Gasteiger partial charge in [-0.3, -0.25) is 10.4 Å². The third-order valence-corrected chi connectivity index (χ3v) is 2.76. The number of halogens is 2. The number of pyridine rings is 1. The second-order valence-corrected chi connectivity index (χ2v) is 4.38. The maximum Gasteiger partial charge on any atom is 0.141 e. The van der Waals surface area contributed by atoms with Gasteiger partial charge in [0.25, 0.3) is 0 Å². The van der Waals surface area contributed by atoms with Gasteiger partial charge in [-0.2, -0.15) is 0 Å². The molecule has 0 aliphatic rings. The highest BCUT2D eigenvalue weighted by Crippen LogP contribution is 2.20. The Morgan fingerprint density at radius 2 is 2.06 bits per heavy atom. The number of nitrogens with two attached hydrogens (primary N) is 1. The summed E-state index contributed by atoms with van der Waals surface area (Å²) in [6, 6.07) is 7.97. The Morgan fingerprint density at radius 3 is 2.71 bits per heavy atom. The van der Waals surface area contributed by atoms with Crippen molar-refractivity contribution in [2.45, 2.75) is 0 Å². The summed E-state index contributed by atoms with van der Waals surface area (Å²) in [5.74, 6) is -0.427. The molecule has 2 aromatic rings. The fourth-order valence-electron chi connectivity index (χ4n) is 1.41. The highest BCUT2D eigenvalue weighted by Gasteiger charge is 2.10. The Bertz CT molecular complexity index is 566. The van der Waals surface area contributed by atoms with Gasteiger partial charge in [-0.05, 0) is 30.3 Å². The van der Waals surface area contributed by atoms with Crippen molar-refractivity contribution in [3.8, 4) is 0 Å². The van der Waals surface area contributed by atoms with Crippen LogP contribution in [0.25, 0.3) is 0 Å². The lowest BCUT2D eigenvalue weighted by Gasteiger charge is -2.07. The minimum atomic E-state index is -0.427. The van der Waals surface area contributed by atoms with Gasteiger partial charge in [-0.25, -0.2) is 4.39 Å². The number of nitrogens with one attached hydrogen (secondary N) is 1. The Morgan fingerprint density at radius 1 is 1.29 bits per heavy atom. The van der Waals surface area contributed by atoms with Crippen molar-refractivity contribution >= 4 is 27.3 Å². The van der Waals surface area contributed by atoms with Crippen molar-refractivity contribution in [1.82, 2.24) is 4.98 Å². The molecule has 0 atom stereocenters. The molecule has 5 heteroatoms. The van der Waals surface area contributed by atoms with Gasteiger partial charge in [0, 0.05) is 15.7 Å². The maximum absolute atomic E-state index is 12.7. The largest absolute Gasteiger partial charge is 0.398 e. The van der Waals surface area contributed by atoms with Crippen molar-refractivity contribution in [3.05, 3.63) is 58.1 Å². The third kappa shape index (κ3) is 2.50. The molecule has 0 saturated heterocycles. The van der Waals surface area contributed by atoms with Crippen molar-refractivity contribution in [3.63, 3.8) is 0 Å². The summed E-state index contributed by atoms with van der Waals surface area (Å²) < 4.78 is 13.6. The molecule has 0 spiro atoms. The van der Waals surface area contributed by atoms with Gasteiger partial charge in [0.1, 0.15) is 5.82 Å². The van der Waals surface area contributed by atoms with E-state index in [4.69, 9.17) is 11.1 Å². The highest BCUT2D eigenvalue weighted by atomic mass is 79.9. The smallest absolute Gasteiger partial charge is 0.141 e. The summed E-state index contributed by atoms with van der Waals surface area (Å²) in [5, 5.41) is 7.99. The number of rotatable bonds is 2. The van der Waals surface area contributed by atoms with Crippen molar-refractivity contribution in [1.29, 1.82) is 5.41 Å². The zero-order valence-corrected chi connectivity index (χ0v) is 10.3. The molecular formula is C12H9BrFN3. The van der Waals surface area contributed by atoms with Gasteiger partial charge in [-0.15, -0.1) is 0 Å². The molecule has 0 aliphatic heterocycles. The Hall–Kier alpha value is -1.75. The summed E-state index contributed by atoms with van der Waals surface area (Å²) in [4.78, 5) is 3.85. The zero-order valence-electron chi connectivity index (χ0n) is 8.74. The molecular weight excluding hydrogens is 285 g/mol. The summed E-state index contributed by atoms with van der Waals surface area (Å²) in [6.07, 6.45) is 1.08. The predicted octanol–water partition coefficient (Wildman–Crippen LogP) is 2.98. The van der Waals surface area contributed by atoms with Crippen LogP contribution in [0.5, 0.6) is 0 Å². The van der Waals surface area contributed by atoms with Gasteiger partial charge >= 0.3 is 0 Å². The van der Waals surface area contributed by atoms with Crippen LogP contribution >= 0.6 is 15.9 Å². The normalized spacial score (nSPS) is 10.2. The summed E-state index contributed by atoms with van der Waals surface area (Å²) in [7, 11) is 0. The number of hydrogen-bond donors (Lipinski definition) is 2. The van der Waals surface area contributed by atoms with Crippen molar-refractivity contribution in [2.24, 2.45) is 0 Å². The second-order valence-electron chi connectivity index (χ2n) is 3.47. The number of hydrogen-bond acceptors (Lipinski definition) is 3. The van der Waals surface area contributed by atoms with Crippen LogP contribution in [0.4, 0.5) is 10.1 Å². The van der Waals surface area contributed by atoms with Crippen molar-refractivity contribution in [2.75, 3.05) is 5.73 Å². The zero-order chi connectivity index (χ0) is 12.4. The van der Waals surface area contributed by atoms with Gasteiger partial charge in [-0.1, -0.05) is 15.9 Å². The van der Waals surface area contributed by atoms with Crippen LogP contribution in [0.2, 0.25) is 0 Å². The molecule has 2 rings (SSSR count). The molecule has 86 valence electrons. The first kappa shape index (κ1) is 11.7. The van der Waals surface area contributed by atoms with Crippen LogP contribution in [0.15, 0.2) is 41.0 Å². The molecule has 3 N–H and O–H groups in total. The Labute approximate surface area is 106 Å². The summed E-state index contributed by atoms with van der Waals surface area (Å²) >= 11 is 3.32.